The van der Waals surface area contributed by atoms with Gasteiger partial charge in [-0.3, -0.25) is 14.5 Å². The van der Waals surface area contributed by atoms with Gasteiger partial charge in [0.2, 0.25) is 0 Å². The van der Waals surface area contributed by atoms with Crippen LogP contribution in [0.2, 0.25) is 0 Å². The fraction of sp³-hybridized carbons (Fsp3) is 0.353. The summed E-state index contributed by atoms with van der Waals surface area (Å²) in [6.45, 7) is -0.431. The second-order valence-electron chi connectivity index (χ2n) is 6.15. The number of cyclic esters (lactones) is 1. The fourth-order valence-corrected chi connectivity index (χ4v) is 2.86. The van der Waals surface area contributed by atoms with E-state index in [1.165, 1.54) is 17.2 Å². The molecule has 0 bridgehead atoms. The van der Waals surface area contributed by atoms with Crippen LogP contribution in [0.4, 0.5) is 33.7 Å². The molecule has 1 aromatic carbocycles. The van der Waals surface area contributed by atoms with Crippen molar-refractivity contribution in [2.75, 3.05) is 29.4 Å². The average Bonchev–Trinajstić information content (AvgIpc) is 3.01. The normalized spacial score (nSPS) is 19.4. The molecule has 1 saturated heterocycles. The van der Waals surface area contributed by atoms with Crippen molar-refractivity contribution in [1.82, 2.24) is 5.32 Å². The zero-order chi connectivity index (χ0) is 20.4. The molecule has 7 nitrogen and oxygen atoms in total. The number of anilines is 2. The number of carbonyl (C=O) groups is 3. The van der Waals surface area contributed by atoms with E-state index in [0.717, 1.165) is 17.0 Å². The molecule has 2 amide bonds. The molecule has 0 saturated carbocycles. The van der Waals surface area contributed by atoms with Crippen LogP contribution in [-0.2, 0) is 14.3 Å². The summed E-state index contributed by atoms with van der Waals surface area (Å²) in [5.74, 6) is -3.56. The van der Waals surface area contributed by atoms with Crippen LogP contribution in [0.25, 0.3) is 0 Å². The number of benzene rings is 1. The van der Waals surface area contributed by atoms with Gasteiger partial charge in [0.1, 0.15) is 11.8 Å². The Morgan fingerprint density at radius 1 is 1.25 bits per heavy atom. The molecule has 0 aliphatic carbocycles. The third kappa shape index (κ3) is 4.07. The molecular weight excluding hydrogens is 386 g/mol. The van der Waals surface area contributed by atoms with Crippen molar-refractivity contribution in [3.63, 3.8) is 0 Å². The van der Waals surface area contributed by atoms with Gasteiger partial charge in [0, 0.05) is 31.3 Å². The molecule has 1 aromatic rings. The summed E-state index contributed by atoms with van der Waals surface area (Å²) < 4.78 is 58.3. The number of allylic oxidation sites excluding steroid dienone is 1. The van der Waals surface area contributed by atoms with Crippen molar-refractivity contribution in [3.8, 4) is 0 Å². The maximum absolute atomic E-state index is 14.5. The van der Waals surface area contributed by atoms with Crippen molar-refractivity contribution in [2.45, 2.75) is 19.0 Å². The minimum Gasteiger partial charge on any atom is -0.442 e. The summed E-state index contributed by atoms with van der Waals surface area (Å²) in [6, 6.07) is 1.87. The Morgan fingerprint density at radius 2 is 1.93 bits per heavy atom. The first-order chi connectivity index (χ1) is 13.3. The first-order valence-electron chi connectivity index (χ1n) is 8.27. The molecule has 2 aliphatic rings. The van der Waals surface area contributed by atoms with Crippen molar-refractivity contribution in [2.24, 2.45) is 0 Å². The summed E-state index contributed by atoms with van der Waals surface area (Å²) in [5, 5.41) is 1.91. The average molecular weight is 401 g/mol. The summed E-state index contributed by atoms with van der Waals surface area (Å²) in [7, 11) is 0. The predicted octanol–water partition coefficient (Wildman–Crippen LogP) is 1.96. The van der Waals surface area contributed by atoms with Crippen LogP contribution < -0.4 is 15.1 Å². The lowest BCUT2D eigenvalue weighted by molar-refractivity contribution is -0.132. The van der Waals surface area contributed by atoms with E-state index in [4.69, 9.17) is 4.74 Å². The third-order valence-corrected chi connectivity index (χ3v) is 4.22. The Hall–Kier alpha value is -3.11. The second-order valence-corrected chi connectivity index (χ2v) is 6.15. The van der Waals surface area contributed by atoms with E-state index in [1.54, 1.807) is 0 Å². The Morgan fingerprint density at radius 3 is 2.50 bits per heavy atom. The molecule has 1 atom stereocenters. The molecule has 2 heterocycles. The smallest absolute Gasteiger partial charge is 0.414 e. The van der Waals surface area contributed by atoms with Gasteiger partial charge in [0.15, 0.2) is 17.4 Å². The van der Waals surface area contributed by atoms with Gasteiger partial charge in [-0.1, -0.05) is 0 Å². The number of ether oxygens (including phenoxy) is 1. The SMILES string of the molecule is O=C1C=CN(c2c(F)cc(N3CC(CNC(=O)C(F)F)OC3=O)cc2F)CC1. The largest absolute Gasteiger partial charge is 0.442 e. The molecule has 1 unspecified atom stereocenters. The number of hydrogen-bond donors (Lipinski definition) is 1. The molecule has 0 radical (unpaired) electrons. The van der Waals surface area contributed by atoms with Crippen LogP contribution in [0.5, 0.6) is 0 Å². The van der Waals surface area contributed by atoms with E-state index in [1.807, 2.05) is 5.32 Å². The molecule has 1 N–H and O–H groups in total. The van der Waals surface area contributed by atoms with Gasteiger partial charge in [-0.05, 0) is 6.08 Å². The first kappa shape index (κ1) is 19.6. The number of ketones is 1. The van der Waals surface area contributed by atoms with Gasteiger partial charge in [-0.2, -0.15) is 8.78 Å². The second kappa shape index (κ2) is 7.87. The van der Waals surface area contributed by atoms with Gasteiger partial charge < -0.3 is 15.0 Å². The van der Waals surface area contributed by atoms with Crippen LogP contribution in [0.1, 0.15) is 6.42 Å². The van der Waals surface area contributed by atoms with E-state index in [9.17, 15) is 31.9 Å². The highest BCUT2D eigenvalue weighted by molar-refractivity contribution is 5.92. The van der Waals surface area contributed by atoms with Crippen molar-refractivity contribution >= 4 is 29.2 Å². The van der Waals surface area contributed by atoms with Crippen LogP contribution in [0.15, 0.2) is 24.4 Å². The molecule has 1 fully saturated rings. The number of alkyl halides is 2. The van der Waals surface area contributed by atoms with E-state index in [2.05, 4.69) is 0 Å². The number of rotatable bonds is 5. The highest BCUT2D eigenvalue weighted by Gasteiger charge is 2.34. The molecule has 2 aliphatic heterocycles. The van der Waals surface area contributed by atoms with Crippen LogP contribution in [0.3, 0.4) is 0 Å². The highest BCUT2D eigenvalue weighted by atomic mass is 19.3. The van der Waals surface area contributed by atoms with E-state index in [-0.39, 0.29) is 43.2 Å². The van der Waals surface area contributed by atoms with Crippen LogP contribution in [0, 0.1) is 11.6 Å². The minimum atomic E-state index is -3.21. The van der Waals surface area contributed by atoms with Crippen molar-refractivity contribution in [3.05, 3.63) is 36.0 Å². The minimum absolute atomic E-state index is 0.111. The number of halogens is 4. The molecule has 0 aromatic heterocycles. The number of hydrogen-bond acceptors (Lipinski definition) is 5. The zero-order valence-electron chi connectivity index (χ0n) is 14.3. The molecule has 150 valence electrons. The quantitative estimate of drug-likeness (QED) is 0.764. The van der Waals surface area contributed by atoms with Gasteiger partial charge >= 0.3 is 12.5 Å². The summed E-state index contributed by atoms with van der Waals surface area (Å²) >= 11 is 0. The highest BCUT2D eigenvalue weighted by Crippen LogP contribution is 2.32. The summed E-state index contributed by atoms with van der Waals surface area (Å²) in [6.07, 6.45) is -2.47. The zero-order valence-corrected chi connectivity index (χ0v) is 14.3. The molecule has 3 rings (SSSR count). The van der Waals surface area contributed by atoms with E-state index in [0.29, 0.717) is 0 Å². The van der Waals surface area contributed by atoms with Crippen molar-refractivity contribution in [1.29, 1.82) is 0 Å². The summed E-state index contributed by atoms with van der Waals surface area (Å²) in [4.78, 5) is 36.2. The monoisotopic (exact) mass is 401 g/mol. The van der Waals surface area contributed by atoms with Crippen LogP contribution >= 0.6 is 0 Å². The predicted molar refractivity (Wildman–Crippen MR) is 89.1 cm³/mol. The third-order valence-electron chi connectivity index (χ3n) is 4.22. The van der Waals surface area contributed by atoms with Crippen LogP contribution in [-0.4, -0.2) is 49.9 Å². The Kier molecular flexibility index (Phi) is 5.52. The van der Waals surface area contributed by atoms with E-state index < -0.39 is 36.2 Å². The standard InChI is InChI=1S/C17H15F4N3O4/c18-12-5-9(6-13(19)14(12)23-3-1-10(25)2-4-23)24-8-11(28-17(24)27)7-22-16(26)15(20)21/h1,3,5-6,11,15H,2,4,7-8H2,(H,22,26). The number of nitrogens with zero attached hydrogens (tertiary/aromatic N) is 2. The Labute approximate surface area is 156 Å². The molecular formula is C17H15F4N3O4. The number of amides is 2. The topological polar surface area (TPSA) is 79.0 Å². The lowest BCUT2D eigenvalue weighted by Crippen LogP contribution is -2.37. The first-order valence-corrected chi connectivity index (χ1v) is 8.27. The van der Waals surface area contributed by atoms with Gasteiger partial charge in [-0.15, -0.1) is 0 Å². The maximum Gasteiger partial charge on any atom is 0.414 e. The lowest BCUT2D eigenvalue weighted by atomic mass is 10.1. The molecule has 0 spiro atoms. The Balaban J connectivity index is 1.73. The van der Waals surface area contributed by atoms with Gasteiger partial charge in [0.05, 0.1) is 18.8 Å². The fourth-order valence-electron chi connectivity index (χ4n) is 2.86. The Bertz CT molecular complexity index is 823. The lowest BCUT2D eigenvalue weighted by Gasteiger charge is -2.25. The van der Waals surface area contributed by atoms with Gasteiger partial charge in [0.25, 0.3) is 5.91 Å². The maximum atomic E-state index is 14.5. The summed E-state index contributed by atoms with van der Waals surface area (Å²) in [5.41, 5.74) is -0.482. The molecule has 11 heteroatoms. The van der Waals surface area contributed by atoms with Gasteiger partial charge in [-0.25, -0.2) is 13.6 Å². The van der Waals surface area contributed by atoms with Crippen molar-refractivity contribution < 1.29 is 36.7 Å². The van der Waals surface area contributed by atoms with E-state index >= 15 is 0 Å². The number of carbonyl (C=O) groups excluding carboxylic acids is 3. The molecule has 28 heavy (non-hydrogen) atoms. The number of nitrogens with one attached hydrogen (secondary N) is 1.